The Hall–Kier alpha value is -2.80. The van der Waals surface area contributed by atoms with Crippen molar-refractivity contribution < 1.29 is 9.53 Å². The molecule has 28 heavy (non-hydrogen) atoms. The zero-order valence-corrected chi connectivity index (χ0v) is 17.1. The summed E-state index contributed by atoms with van der Waals surface area (Å²) in [5, 5.41) is 12.1. The fourth-order valence-corrected chi connectivity index (χ4v) is 3.77. The van der Waals surface area contributed by atoms with Gasteiger partial charge in [-0.05, 0) is 24.1 Å². The summed E-state index contributed by atoms with van der Waals surface area (Å²) in [6, 6.07) is 17.6. The molecule has 0 bridgehead atoms. The van der Waals surface area contributed by atoms with Gasteiger partial charge in [0, 0.05) is 13.6 Å². The third-order valence-electron chi connectivity index (χ3n) is 4.40. The van der Waals surface area contributed by atoms with E-state index in [1.165, 1.54) is 11.8 Å². The van der Waals surface area contributed by atoms with Crippen LogP contribution in [0.1, 0.15) is 18.9 Å². The summed E-state index contributed by atoms with van der Waals surface area (Å²) < 4.78 is 7.32. The first-order valence-electron chi connectivity index (χ1n) is 9.15. The van der Waals surface area contributed by atoms with Gasteiger partial charge < -0.3 is 14.6 Å². The van der Waals surface area contributed by atoms with Crippen molar-refractivity contribution in [3.8, 4) is 17.1 Å². The van der Waals surface area contributed by atoms with E-state index in [1.807, 2.05) is 73.1 Å². The predicted molar refractivity (Wildman–Crippen MR) is 111 cm³/mol. The molecule has 1 heterocycles. The van der Waals surface area contributed by atoms with Gasteiger partial charge >= 0.3 is 0 Å². The van der Waals surface area contributed by atoms with Gasteiger partial charge in [0.1, 0.15) is 5.75 Å². The van der Waals surface area contributed by atoms with Gasteiger partial charge in [-0.3, -0.25) is 4.79 Å². The maximum Gasteiger partial charge on any atom is 0.233 e. The largest absolute Gasteiger partial charge is 0.496 e. The molecular weight excluding hydrogens is 372 g/mol. The van der Waals surface area contributed by atoms with Crippen LogP contribution in [0.2, 0.25) is 0 Å². The molecule has 0 radical (unpaired) electrons. The third kappa shape index (κ3) is 4.54. The van der Waals surface area contributed by atoms with Gasteiger partial charge in [0.2, 0.25) is 5.91 Å². The molecule has 1 aromatic heterocycles. The number of hydrogen-bond donors (Lipinski definition) is 1. The van der Waals surface area contributed by atoms with Gasteiger partial charge in [-0.2, -0.15) is 0 Å². The molecular formula is C21H24N4O2S. The maximum absolute atomic E-state index is 12.6. The minimum Gasteiger partial charge on any atom is -0.496 e. The van der Waals surface area contributed by atoms with Crippen LogP contribution in [-0.2, 0) is 18.4 Å². The van der Waals surface area contributed by atoms with Crippen molar-refractivity contribution in [3.63, 3.8) is 0 Å². The number of rotatable bonds is 8. The Morgan fingerprint density at radius 2 is 1.86 bits per heavy atom. The summed E-state index contributed by atoms with van der Waals surface area (Å²) in [6.45, 7) is 2.51. The van der Waals surface area contributed by atoms with Gasteiger partial charge in [-0.15, -0.1) is 10.2 Å². The zero-order chi connectivity index (χ0) is 19.9. The summed E-state index contributed by atoms with van der Waals surface area (Å²) in [7, 11) is 3.54. The van der Waals surface area contributed by atoms with Gasteiger partial charge in [-0.1, -0.05) is 61.2 Å². The Morgan fingerprint density at radius 3 is 2.57 bits per heavy atom. The quantitative estimate of drug-likeness (QED) is 0.588. The highest BCUT2D eigenvalue weighted by atomic mass is 32.2. The topological polar surface area (TPSA) is 69.0 Å². The molecule has 3 rings (SSSR count). The van der Waals surface area contributed by atoms with Crippen LogP contribution in [0.3, 0.4) is 0 Å². The van der Waals surface area contributed by atoms with Crippen LogP contribution in [0.25, 0.3) is 11.4 Å². The molecule has 0 aliphatic rings. The number of thioether (sulfide) groups is 1. The number of para-hydroxylation sites is 1. The molecule has 7 heteroatoms. The van der Waals surface area contributed by atoms with Crippen LogP contribution in [0, 0.1) is 0 Å². The molecule has 2 aromatic carbocycles. The minimum atomic E-state index is -0.239. The molecule has 0 aliphatic heterocycles. The van der Waals surface area contributed by atoms with E-state index in [2.05, 4.69) is 15.5 Å². The Bertz CT molecular complexity index is 927. The average molecular weight is 397 g/mol. The molecule has 3 aromatic rings. The average Bonchev–Trinajstić information content (AvgIpc) is 3.10. The Morgan fingerprint density at radius 1 is 1.14 bits per heavy atom. The standard InChI is InChI=1S/C21H24N4O2S/c1-4-18(20(26)22-14-15-10-6-5-7-11-15)28-21-24-23-19(25(21)2)16-12-8-9-13-17(16)27-3/h5-13,18H,4,14H2,1-3H3,(H,22,26)/t18-/m1/s1. The molecule has 0 fully saturated rings. The van der Waals surface area contributed by atoms with Crippen molar-refractivity contribution in [3.05, 3.63) is 60.2 Å². The molecule has 1 amide bonds. The van der Waals surface area contributed by atoms with E-state index in [0.29, 0.717) is 23.9 Å². The number of amides is 1. The Kier molecular flexibility index (Phi) is 6.71. The van der Waals surface area contributed by atoms with E-state index in [0.717, 1.165) is 16.9 Å². The van der Waals surface area contributed by atoms with Crippen molar-refractivity contribution in [2.24, 2.45) is 7.05 Å². The van der Waals surface area contributed by atoms with Crippen LogP contribution in [0.5, 0.6) is 5.75 Å². The normalized spacial score (nSPS) is 11.8. The molecule has 6 nitrogen and oxygen atoms in total. The SMILES string of the molecule is CC[C@@H](Sc1nnc(-c2ccccc2OC)n1C)C(=O)NCc1ccccc1. The third-order valence-corrected chi connectivity index (χ3v) is 5.80. The van der Waals surface area contributed by atoms with E-state index < -0.39 is 0 Å². The van der Waals surface area contributed by atoms with Crippen molar-refractivity contribution >= 4 is 17.7 Å². The van der Waals surface area contributed by atoms with E-state index in [1.54, 1.807) is 7.11 Å². The fraction of sp³-hybridized carbons (Fsp3) is 0.286. The van der Waals surface area contributed by atoms with Gasteiger partial charge in [0.05, 0.1) is 17.9 Å². The second-order valence-electron chi connectivity index (χ2n) is 6.28. The molecule has 0 unspecified atom stereocenters. The molecule has 1 N–H and O–H groups in total. The van der Waals surface area contributed by atoms with Crippen molar-refractivity contribution in [2.75, 3.05) is 7.11 Å². The molecule has 0 spiro atoms. The second kappa shape index (κ2) is 9.41. The number of hydrogen-bond acceptors (Lipinski definition) is 5. The number of ether oxygens (including phenoxy) is 1. The zero-order valence-electron chi connectivity index (χ0n) is 16.3. The molecule has 0 saturated carbocycles. The molecule has 1 atom stereocenters. The Labute approximate surface area is 169 Å². The summed E-state index contributed by atoms with van der Waals surface area (Å²) in [4.78, 5) is 12.6. The minimum absolute atomic E-state index is 0.00167. The first-order chi connectivity index (χ1) is 13.6. The van der Waals surface area contributed by atoms with Crippen molar-refractivity contribution in [1.29, 1.82) is 0 Å². The second-order valence-corrected chi connectivity index (χ2v) is 7.45. The van der Waals surface area contributed by atoms with E-state index in [4.69, 9.17) is 4.74 Å². The predicted octanol–water partition coefficient (Wildman–Crippen LogP) is 3.68. The fourth-order valence-electron chi connectivity index (χ4n) is 2.83. The molecule has 0 aliphatic carbocycles. The molecule has 0 saturated heterocycles. The lowest BCUT2D eigenvalue weighted by Gasteiger charge is -2.14. The van der Waals surface area contributed by atoms with Crippen molar-refractivity contribution in [1.82, 2.24) is 20.1 Å². The maximum atomic E-state index is 12.6. The highest BCUT2D eigenvalue weighted by Gasteiger charge is 2.22. The van der Waals surface area contributed by atoms with Crippen LogP contribution >= 0.6 is 11.8 Å². The number of carbonyl (C=O) groups is 1. The van der Waals surface area contributed by atoms with Crippen LogP contribution in [-0.4, -0.2) is 33.0 Å². The van der Waals surface area contributed by atoms with Gasteiger partial charge in [-0.25, -0.2) is 0 Å². The summed E-state index contributed by atoms with van der Waals surface area (Å²) >= 11 is 1.42. The molecule has 146 valence electrons. The monoisotopic (exact) mass is 396 g/mol. The van der Waals surface area contributed by atoms with Gasteiger partial charge in [0.15, 0.2) is 11.0 Å². The summed E-state index contributed by atoms with van der Waals surface area (Å²) in [5.74, 6) is 1.44. The van der Waals surface area contributed by atoms with E-state index >= 15 is 0 Å². The van der Waals surface area contributed by atoms with Crippen LogP contribution in [0.15, 0.2) is 59.8 Å². The number of aromatic nitrogens is 3. The smallest absolute Gasteiger partial charge is 0.233 e. The van der Waals surface area contributed by atoms with Crippen LogP contribution < -0.4 is 10.1 Å². The lowest BCUT2D eigenvalue weighted by molar-refractivity contribution is -0.120. The van der Waals surface area contributed by atoms with Crippen molar-refractivity contribution in [2.45, 2.75) is 30.3 Å². The summed E-state index contributed by atoms with van der Waals surface area (Å²) in [6.07, 6.45) is 0.697. The number of benzene rings is 2. The summed E-state index contributed by atoms with van der Waals surface area (Å²) in [5.41, 5.74) is 1.95. The van der Waals surface area contributed by atoms with Crippen LogP contribution in [0.4, 0.5) is 0 Å². The van der Waals surface area contributed by atoms with E-state index in [9.17, 15) is 4.79 Å². The first kappa shape index (κ1) is 19.9. The van der Waals surface area contributed by atoms with E-state index in [-0.39, 0.29) is 11.2 Å². The Balaban J connectivity index is 1.71. The lowest BCUT2D eigenvalue weighted by atomic mass is 10.2. The number of nitrogens with zero attached hydrogens (tertiary/aromatic N) is 3. The first-order valence-corrected chi connectivity index (χ1v) is 10.0. The van der Waals surface area contributed by atoms with Gasteiger partial charge in [0.25, 0.3) is 0 Å². The number of methoxy groups -OCH3 is 1. The highest BCUT2D eigenvalue weighted by Crippen LogP contribution is 2.31. The lowest BCUT2D eigenvalue weighted by Crippen LogP contribution is -2.32. The number of nitrogens with one attached hydrogen (secondary N) is 1. The number of carbonyl (C=O) groups excluding carboxylic acids is 1. The highest BCUT2D eigenvalue weighted by molar-refractivity contribution is 8.00.